The number of urea groups is 1. The van der Waals surface area contributed by atoms with Crippen molar-refractivity contribution in [3.8, 4) is 0 Å². The number of amides is 4. The van der Waals surface area contributed by atoms with E-state index in [1.165, 1.54) is 19.1 Å². The number of carbonyl (C=O) groups excluding carboxylic acids is 3. The number of piperazine rings is 1. The molecule has 1 aliphatic heterocycles. The fourth-order valence-corrected chi connectivity index (χ4v) is 3.16. The zero-order valence-corrected chi connectivity index (χ0v) is 16.4. The molecule has 7 nitrogen and oxygen atoms in total. The van der Waals surface area contributed by atoms with E-state index in [2.05, 4.69) is 10.6 Å². The molecule has 4 amide bonds. The fourth-order valence-electron chi connectivity index (χ4n) is 3.16. The zero-order valence-electron chi connectivity index (χ0n) is 16.4. The van der Waals surface area contributed by atoms with E-state index in [4.69, 9.17) is 0 Å². The van der Waals surface area contributed by atoms with Gasteiger partial charge in [0.1, 0.15) is 5.82 Å². The highest BCUT2D eigenvalue weighted by molar-refractivity contribution is 5.97. The number of hydrogen-bond acceptors (Lipinski definition) is 3. The van der Waals surface area contributed by atoms with Crippen LogP contribution in [0.15, 0.2) is 42.5 Å². The van der Waals surface area contributed by atoms with Gasteiger partial charge in [-0.25, -0.2) is 9.18 Å². The van der Waals surface area contributed by atoms with Crippen molar-refractivity contribution >= 4 is 29.2 Å². The summed E-state index contributed by atoms with van der Waals surface area (Å²) in [6, 6.07) is 11.2. The lowest BCUT2D eigenvalue weighted by atomic mass is 10.1. The van der Waals surface area contributed by atoms with E-state index in [1.54, 1.807) is 9.80 Å². The maximum Gasteiger partial charge on any atom is 0.321 e. The van der Waals surface area contributed by atoms with E-state index >= 15 is 0 Å². The summed E-state index contributed by atoms with van der Waals surface area (Å²) in [7, 11) is 0. The number of anilines is 2. The molecule has 2 aromatic rings. The third kappa shape index (κ3) is 5.10. The van der Waals surface area contributed by atoms with Gasteiger partial charge >= 0.3 is 6.03 Å². The van der Waals surface area contributed by atoms with Gasteiger partial charge < -0.3 is 20.4 Å². The summed E-state index contributed by atoms with van der Waals surface area (Å²) in [5.74, 6) is -1.29. The maximum absolute atomic E-state index is 13.8. The van der Waals surface area contributed by atoms with Crippen molar-refractivity contribution in [2.24, 2.45) is 0 Å². The summed E-state index contributed by atoms with van der Waals surface area (Å²) in [5, 5.41) is 5.24. The Morgan fingerprint density at radius 2 is 1.62 bits per heavy atom. The monoisotopic (exact) mass is 398 g/mol. The van der Waals surface area contributed by atoms with Crippen LogP contribution < -0.4 is 10.6 Å². The summed E-state index contributed by atoms with van der Waals surface area (Å²) < 4.78 is 13.8. The second-order valence-corrected chi connectivity index (χ2v) is 6.95. The molecule has 1 heterocycles. The van der Waals surface area contributed by atoms with Crippen LogP contribution in [0.3, 0.4) is 0 Å². The van der Waals surface area contributed by atoms with Gasteiger partial charge in [0, 0.05) is 44.4 Å². The Kier molecular flexibility index (Phi) is 6.11. The normalized spacial score (nSPS) is 13.8. The van der Waals surface area contributed by atoms with Gasteiger partial charge in [-0.05, 0) is 42.8 Å². The molecule has 3 rings (SSSR count). The Morgan fingerprint density at radius 3 is 2.28 bits per heavy atom. The third-order valence-electron chi connectivity index (χ3n) is 4.65. The molecule has 2 N–H and O–H groups in total. The van der Waals surface area contributed by atoms with Crippen LogP contribution in [0.4, 0.5) is 20.6 Å². The summed E-state index contributed by atoms with van der Waals surface area (Å²) in [4.78, 5) is 39.6. The highest BCUT2D eigenvalue weighted by atomic mass is 19.1. The Bertz CT molecular complexity index is 939. The van der Waals surface area contributed by atoms with E-state index < -0.39 is 11.7 Å². The topological polar surface area (TPSA) is 81.8 Å². The lowest BCUT2D eigenvalue weighted by Crippen LogP contribution is -2.51. The SMILES string of the molecule is CC(=O)Nc1cc(C(=O)N2CCN(C(=O)Nc3cccc(C)c3)CC2)ccc1F. The van der Waals surface area contributed by atoms with Gasteiger partial charge in [-0.2, -0.15) is 0 Å². The molecule has 8 heteroatoms. The van der Waals surface area contributed by atoms with Crippen LogP contribution >= 0.6 is 0 Å². The summed E-state index contributed by atoms with van der Waals surface area (Å²) in [6.45, 7) is 4.74. The van der Waals surface area contributed by atoms with Crippen molar-refractivity contribution in [1.29, 1.82) is 0 Å². The Labute approximate surface area is 168 Å². The molecular formula is C21H23FN4O3. The molecule has 1 saturated heterocycles. The molecule has 0 bridgehead atoms. The molecule has 0 aliphatic carbocycles. The maximum atomic E-state index is 13.8. The smallest absolute Gasteiger partial charge is 0.321 e. The van der Waals surface area contributed by atoms with Crippen molar-refractivity contribution in [2.45, 2.75) is 13.8 Å². The first kappa shape index (κ1) is 20.3. The average molecular weight is 398 g/mol. The number of rotatable bonds is 3. The van der Waals surface area contributed by atoms with Gasteiger partial charge in [-0.1, -0.05) is 12.1 Å². The van der Waals surface area contributed by atoms with Gasteiger partial charge in [0.15, 0.2) is 0 Å². The summed E-state index contributed by atoms with van der Waals surface area (Å²) in [6.07, 6.45) is 0. The van der Waals surface area contributed by atoms with Crippen molar-refractivity contribution < 1.29 is 18.8 Å². The molecule has 29 heavy (non-hydrogen) atoms. The van der Waals surface area contributed by atoms with Crippen LogP contribution in [-0.4, -0.2) is 53.8 Å². The van der Waals surface area contributed by atoms with Crippen molar-refractivity contribution in [3.63, 3.8) is 0 Å². The van der Waals surface area contributed by atoms with E-state index in [-0.39, 0.29) is 23.2 Å². The molecule has 0 radical (unpaired) electrons. The van der Waals surface area contributed by atoms with Crippen LogP contribution in [0.5, 0.6) is 0 Å². The molecule has 1 fully saturated rings. The molecule has 0 spiro atoms. The summed E-state index contributed by atoms with van der Waals surface area (Å²) in [5.41, 5.74) is 2.04. The second kappa shape index (κ2) is 8.72. The minimum atomic E-state index is -0.602. The number of aryl methyl sites for hydroxylation is 1. The zero-order chi connectivity index (χ0) is 21.0. The second-order valence-electron chi connectivity index (χ2n) is 6.95. The lowest BCUT2D eigenvalue weighted by molar-refractivity contribution is -0.114. The molecule has 0 atom stereocenters. The number of nitrogens with one attached hydrogen (secondary N) is 2. The number of nitrogens with zero attached hydrogens (tertiary/aromatic N) is 2. The van der Waals surface area contributed by atoms with Crippen molar-refractivity contribution in [2.75, 3.05) is 36.8 Å². The predicted octanol–water partition coefficient (Wildman–Crippen LogP) is 3.08. The minimum absolute atomic E-state index is 0.0282. The largest absolute Gasteiger partial charge is 0.335 e. The highest BCUT2D eigenvalue weighted by Gasteiger charge is 2.25. The summed E-state index contributed by atoms with van der Waals surface area (Å²) >= 11 is 0. The number of benzene rings is 2. The van der Waals surface area contributed by atoms with Crippen LogP contribution in [0.25, 0.3) is 0 Å². The molecule has 1 aliphatic rings. The van der Waals surface area contributed by atoms with Gasteiger partial charge in [-0.3, -0.25) is 9.59 Å². The predicted molar refractivity (Wildman–Crippen MR) is 108 cm³/mol. The van der Waals surface area contributed by atoms with Crippen LogP contribution in [0.1, 0.15) is 22.8 Å². The first-order valence-corrected chi connectivity index (χ1v) is 9.32. The minimum Gasteiger partial charge on any atom is -0.335 e. The fraction of sp³-hybridized carbons (Fsp3) is 0.286. The van der Waals surface area contributed by atoms with E-state index in [0.717, 1.165) is 17.3 Å². The quantitative estimate of drug-likeness (QED) is 0.834. The van der Waals surface area contributed by atoms with Crippen molar-refractivity contribution in [3.05, 3.63) is 59.4 Å². The van der Waals surface area contributed by atoms with E-state index in [0.29, 0.717) is 26.2 Å². The Balaban J connectivity index is 1.59. The van der Waals surface area contributed by atoms with Crippen LogP contribution in [0, 0.1) is 12.7 Å². The van der Waals surface area contributed by atoms with E-state index in [1.807, 2.05) is 31.2 Å². The third-order valence-corrected chi connectivity index (χ3v) is 4.65. The standard InChI is InChI=1S/C21H23FN4O3/c1-14-4-3-5-17(12-14)24-21(29)26-10-8-25(9-11-26)20(28)16-6-7-18(22)19(13-16)23-15(2)27/h3-7,12-13H,8-11H2,1-2H3,(H,23,27)(H,24,29). The van der Waals surface area contributed by atoms with Crippen LogP contribution in [0.2, 0.25) is 0 Å². The Morgan fingerprint density at radius 1 is 0.931 bits per heavy atom. The van der Waals surface area contributed by atoms with E-state index in [9.17, 15) is 18.8 Å². The van der Waals surface area contributed by atoms with Gasteiger partial charge in [0.2, 0.25) is 5.91 Å². The number of carbonyl (C=O) groups is 3. The number of halogens is 1. The number of hydrogen-bond donors (Lipinski definition) is 2. The first-order chi connectivity index (χ1) is 13.8. The molecule has 0 unspecified atom stereocenters. The molecular weight excluding hydrogens is 375 g/mol. The Hall–Kier alpha value is -3.42. The average Bonchev–Trinajstić information content (AvgIpc) is 2.69. The lowest BCUT2D eigenvalue weighted by Gasteiger charge is -2.34. The first-order valence-electron chi connectivity index (χ1n) is 9.32. The molecule has 152 valence electrons. The molecule has 0 aromatic heterocycles. The molecule has 0 saturated carbocycles. The van der Waals surface area contributed by atoms with Gasteiger partial charge in [0.05, 0.1) is 5.69 Å². The van der Waals surface area contributed by atoms with Gasteiger partial charge in [-0.15, -0.1) is 0 Å². The van der Waals surface area contributed by atoms with Gasteiger partial charge in [0.25, 0.3) is 5.91 Å². The highest BCUT2D eigenvalue weighted by Crippen LogP contribution is 2.19. The molecule has 2 aromatic carbocycles. The van der Waals surface area contributed by atoms with Crippen LogP contribution in [-0.2, 0) is 4.79 Å². The van der Waals surface area contributed by atoms with Crippen molar-refractivity contribution in [1.82, 2.24) is 9.80 Å².